The second-order valence-electron chi connectivity index (χ2n) is 5.10. The summed E-state index contributed by atoms with van der Waals surface area (Å²) in [6.07, 6.45) is 3.61. The number of anilines is 1. The third kappa shape index (κ3) is 2.54. The molecule has 17 heavy (non-hydrogen) atoms. The molecule has 0 unspecified atom stereocenters. The van der Waals surface area contributed by atoms with Crippen LogP contribution in [0.5, 0.6) is 0 Å². The summed E-state index contributed by atoms with van der Waals surface area (Å²) < 4.78 is 0. The summed E-state index contributed by atoms with van der Waals surface area (Å²) in [4.78, 5) is 14.7. The minimum Gasteiger partial charge on any atom is -0.364 e. The number of nitrogens with one attached hydrogen (secondary N) is 1. The fraction of sp³-hybridized carbons (Fsp3) is 0.583. The number of hydrogen-bond acceptors (Lipinski definition) is 4. The van der Waals surface area contributed by atoms with Crippen LogP contribution in [-0.2, 0) is 0 Å². The lowest BCUT2D eigenvalue weighted by Gasteiger charge is -2.38. The first-order chi connectivity index (χ1) is 8.00. The average molecular weight is 235 g/mol. The largest absolute Gasteiger partial charge is 0.364 e. The maximum absolute atomic E-state index is 10.9. The summed E-state index contributed by atoms with van der Waals surface area (Å²) in [5.41, 5.74) is 1.12. The zero-order valence-corrected chi connectivity index (χ0v) is 10.2. The summed E-state index contributed by atoms with van der Waals surface area (Å²) >= 11 is 0. The molecule has 1 aromatic heterocycles. The van der Waals surface area contributed by atoms with Crippen LogP contribution in [0, 0.1) is 22.5 Å². The second-order valence-corrected chi connectivity index (χ2v) is 5.10. The Morgan fingerprint density at radius 2 is 2.24 bits per heavy atom. The molecule has 1 heterocycles. The summed E-state index contributed by atoms with van der Waals surface area (Å²) in [6, 6.07) is 3.17. The van der Waals surface area contributed by atoms with Gasteiger partial charge in [-0.1, -0.05) is 13.3 Å². The van der Waals surface area contributed by atoms with Crippen LogP contribution >= 0.6 is 0 Å². The minimum atomic E-state index is -0.391. The highest BCUT2D eigenvalue weighted by Crippen LogP contribution is 2.40. The smallest absolute Gasteiger partial charge is 0.311 e. The molecule has 2 rings (SSSR count). The van der Waals surface area contributed by atoms with Crippen molar-refractivity contribution in [1.29, 1.82) is 0 Å². The molecule has 0 atom stereocenters. The number of aryl methyl sites for hydroxylation is 1. The van der Waals surface area contributed by atoms with Crippen LogP contribution in [-0.4, -0.2) is 16.5 Å². The van der Waals surface area contributed by atoms with Crippen molar-refractivity contribution >= 4 is 11.5 Å². The van der Waals surface area contributed by atoms with E-state index in [2.05, 4.69) is 17.2 Å². The van der Waals surface area contributed by atoms with Crippen LogP contribution in [0.3, 0.4) is 0 Å². The highest BCUT2D eigenvalue weighted by Gasteiger charge is 2.32. The SMILES string of the molecule is Cc1ccc([N+](=O)[O-])c(NCC2(C)CCC2)n1. The number of pyridine rings is 1. The molecule has 1 N–H and O–H groups in total. The molecule has 5 heteroatoms. The van der Waals surface area contributed by atoms with E-state index >= 15 is 0 Å². The fourth-order valence-electron chi connectivity index (χ4n) is 2.08. The molecule has 0 aromatic carbocycles. The molecule has 1 aliphatic carbocycles. The van der Waals surface area contributed by atoms with Gasteiger partial charge in [0.2, 0.25) is 5.82 Å². The zero-order chi connectivity index (χ0) is 12.5. The van der Waals surface area contributed by atoms with Crippen LogP contribution < -0.4 is 5.32 Å². The van der Waals surface area contributed by atoms with Gasteiger partial charge in [-0.25, -0.2) is 4.98 Å². The Hall–Kier alpha value is -1.65. The van der Waals surface area contributed by atoms with Gasteiger partial charge in [-0.3, -0.25) is 10.1 Å². The standard InChI is InChI=1S/C12H17N3O2/c1-9-4-5-10(15(16)17)11(14-9)13-8-12(2)6-3-7-12/h4-5H,3,6-8H2,1-2H3,(H,13,14). The first-order valence-electron chi connectivity index (χ1n) is 5.86. The van der Waals surface area contributed by atoms with Gasteiger partial charge in [-0.15, -0.1) is 0 Å². The predicted octanol–water partition coefficient (Wildman–Crippen LogP) is 2.90. The van der Waals surface area contributed by atoms with Gasteiger partial charge in [0.15, 0.2) is 0 Å². The molecule has 1 fully saturated rings. The highest BCUT2D eigenvalue weighted by molar-refractivity contribution is 5.56. The van der Waals surface area contributed by atoms with E-state index in [-0.39, 0.29) is 11.1 Å². The molecule has 0 amide bonds. The molecule has 0 bridgehead atoms. The molecule has 0 radical (unpaired) electrons. The average Bonchev–Trinajstić information content (AvgIpc) is 2.23. The maximum Gasteiger partial charge on any atom is 0.311 e. The van der Waals surface area contributed by atoms with Gasteiger partial charge in [0.1, 0.15) is 0 Å². The van der Waals surface area contributed by atoms with E-state index in [0.29, 0.717) is 5.82 Å². The van der Waals surface area contributed by atoms with Gasteiger partial charge < -0.3 is 5.32 Å². The summed E-state index contributed by atoms with van der Waals surface area (Å²) in [5.74, 6) is 0.392. The van der Waals surface area contributed by atoms with E-state index in [9.17, 15) is 10.1 Å². The third-order valence-corrected chi connectivity index (χ3v) is 3.45. The summed E-state index contributed by atoms with van der Waals surface area (Å²) in [7, 11) is 0. The van der Waals surface area contributed by atoms with E-state index in [1.807, 2.05) is 6.92 Å². The van der Waals surface area contributed by atoms with Crippen molar-refractivity contribution in [3.63, 3.8) is 0 Å². The monoisotopic (exact) mass is 235 g/mol. The highest BCUT2D eigenvalue weighted by atomic mass is 16.6. The number of hydrogen-bond donors (Lipinski definition) is 1. The van der Waals surface area contributed by atoms with Gasteiger partial charge in [-0.2, -0.15) is 0 Å². The molecule has 5 nitrogen and oxygen atoms in total. The third-order valence-electron chi connectivity index (χ3n) is 3.45. The van der Waals surface area contributed by atoms with Crippen molar-refractivity contribution in [2.24, 2.45) is 5.41 Å². The summed E-state index contributed by atoms with van der Waals surface area (Å²) in [6.45, 7) is 4.79. The van der Waals surface area contributed by atoms with Crippen LogP contribution in [0.15, 0.2) is 12.1 Å². The number of nitrogens with zero attached hydrogens (tertiary/aromatic N) is 2. The molecule has 1 saturated carbocycles. The molecular weight excluding hydrogens is 218 g/mol. The molecule has 1 aliphatic rings. The van der Waals surface area contributed by atoms with Crippen molar-refractivity contribution < 1.29 is 4.92 Å². The first-order valence-corrected chi connectivity index (χ1v) is 5.86. The number of aromatic nitrogens is 1. The molecule has 0 spiro atoms. The Morgan fingerprint density at radius 1 is 1.53 bits per heavy atom. The van der Waals surface area contributed by atoms with E-state index in [1.54, 1.807) is 6.07 Å². The van der Waals surface area contributed by atoms with Crippen LogP contribution in [0.2, 0.25) is 0 Å². The lowest BCUT2D eigenvalue weighted by Crippen LogP contribution is -2.33. The fourth-order valence-corrected chi connectivity index (χ4v) is 2.08. The Morgan fingerprint density at radius 3 is 2.76 bits per heavy atom. The number of rotatable bonds is 4. The Kier molecular flexibility index (Phi) is 3.00. The Bertz CT molecular complexity index is 441. The van der Waals surface area contributed by atoms with E-state index < -0.39 is 4.92 Å². The van der Waals surface area contributed by atoms with Crippen molar-refractivity contribution in [2.75, 3.05) is 11.9 Å². The minimum absolute atomic E-state index is 0.0542. The molecule has 92 valence electrons. The molecule has 0 saturated heterocycles. The van der Waals surface area contributed by atoms with Crippen LogP contribution in [0.4, 0.5) is 11.5 Å². The first kappa shape index (κ1) is 11.8. The van der Waals surface area contributed by atoms with Gasteiger partial charge in [0.05, 0.1) is 4.92 Å². The predicted molar refractivity (Wildman–Crippen MR) is 66.1 cm³/mol. The normalized spacial score (nSPS) is 17.3. The quantitative estimate of drug-likeness (QED) is 0.643. The molecule has 0 aliphatic heterocycles. The maximum atomic E-state index is 10.9. The van der Waals surface area contributed by atoms with Gasteiger partial charge in [-0.05, 0) is 31.2 Å². The van der Waals surface area contributed by atoms with Gasteiger partial charge in [0.25, 0.3) is 0 Å². The van der Waals surface area contributed by atoms with Crippen molar-refractivity contribution in [1.82, 2.24) is 4.98 Å². The van der Waals surface area contributed by atoms with Gasteiger partial charge >= 0.3 is 5.69 Å². The van der Waals surface area contributed by atoms with E-state index in [4.69, 9.17) is 0 Å². The van der Waals surface area contributed by atoms with Crippen molar-refractivity contribution in [3.05, 3.63) is 27.9 Å². The van der Waals surface area contributed by atoms with Crippen LogP contribution in [0.1, 0.15) is 31.9 Å². The van der Waals surface area contributed by atoms with Gasteiger partial charge in [0, 0.05) is 18.3 Å². The van der Waals surface area contributed by atoms with E-state index in [1.165, 1.54) is 25.3 Å². The van der Waals surface area contributed by atoms with Crippen LogP contribution in [0.25, 0.3) is 0 Å². The van der Waals surface area contributed by atoms with Crippen molar-refractivity contribution in [3.8, 4) is 0 Å². The topological polar surface area (TPSA) is 68.1 Å². The Labute approximate surface area is 100 Å². The van der Waals surface area contributed by atoms with Crippen molar-refractivity contribution in [2.45, 2.75) is 33.1 Å². The zero-order valence-electron chi connectivity index (χ0n) is 10.2. The molecule has 1 aromatic rings. The lowest BCUT2D eigenvalue weighted by atomic mass is 9.70. The lowest BCUT2D eigenvalue weighted by molar-refractivity contribution is -0.384. The molecular formula is C12H17N3O2. The Balaban J connectivity index is 2.13. The second kappa shape index (κ2) is 4.31. The number of nitro groups is 1. The van der Waals surface area contributed by atoms with E-state index in [0.717, 1.165) is 12.2 Å². The summed E-state index contributed by atoms with van der Waals surface area (Å²) in [5, 5.41) is 14.0.